The van der Waals surface area contributed by atoms with Crippen molar-refractivity contribution in [2.75, 3.05) is 24.6 Å². The zero-order valence-electron chi connectivity index (χ0n) is 15.5. The molecule has 5 nitrogen and oxygen atoms in total. The molecule has 0 atom stereocenters. The Kier molecular flexibility index (Phi) is 5.92. The Morgan fingerprint density at radius 2 is 1.93 bits per heavy atom. The number of carbonyl (C=O) groups is 1. The molecule has 0 unspecified atom stereocenters. The van der Waals surface area contributed by atoms with Crippen molar-refractivity contribution in [3.63, 3.8) is 0 Å². The minimum Gasteiger partial charge on any atom is -0.454 e. The number of hydrogen-bond acceptors (Lipinski definition) is 6. The summed E-state index contributed by atoms with van der Waals surface area (Å²) < 4.78 is 10.8. The first-order valence-electron chi connectivity index (χ1n) is 8.92. The molecule has 0 N–H and O–H groups in total. The second kappa shape index (κ2) is 8.75. The van der Waals surface area contributed by atoms with E-state index in [9.17, 15) is 4.79 Å². The lowest BCUT2D eigenvalue weighted by Gasteiger charge is -2.17. The first-order valence-corrected chi connectivity index (χ1v) is 11.3. The van der Waals surface area contributed by atoms with Crippen LogP contribution in [0, 0.1) is 0 Å². The maximum Gasteiger partial charge on any atom is 0.278 e. The molecule has 144 valence electrons. The van der Waals surface area contributed by atoms with E-state index in [4.69, 9.17) is 9.47 Å². The predicted molar refractivity (Wildman–Crippen MR) is 116 cm³/mol. The van der Waals surface area contributed by atoms with E-state index >= 15 is 0 Å². The number of nitrogens with zero attached hydrogens (tertiary/aromatic N) is 2. The fourth-order valence-corrected chi connectivity index (χ4v) is 4.57. The van der Waals surface area contributed by atoms with E-state index in [-0.39, 0.29) is 12.7 Å². The van der Waals surface area contributed by atoms with E-state index in [1.54, 1.807) is 28.4 Å². The van der Waals surface area contributed by atoms with Crippen LogP contribution in [0.15, 0.2) is 59.2 Å². The van der Waals surface area contributed by atoms with Crippen molar-refractivity contribution < 1.29 is 14.3 Å². The Balaban J connectivity index is 1.59. The number of amides is 1. The Labute approximate surface area is 172 Å². The highest BCUT2D eigenvalue weighted by atomic mass is 32.2. The van der Waals surface area contributed by atoms with Gasteiger partial charge in [0, 0.05) is 11.5 Å². The minimum absolute atomic E-state index is 0.0758. The fraction of sp³-hybridized carbons (Fsp3) is 0.238. The van der Waals surface area contributed by atoms with Crippen molar-refractivity contribution in [2.45, 2.75) is 6.54 Å². The van der Waals surface area contributed by atoms with Crippen molar-refractivity contribution >= 4 is 40.7 Å². The Hall–Kier alpha value is -2.38. The van der Waals surface area contributed by atoms with Gasteiger partial charge in [0.2, 0.25) is 6.79 Å². The number of thioether (sulfide) groups is 2. The van der Waals surface area contributed by atoms with Gasteiger partial charge in [-0.05, 0) is 35.6 Å². The summed E-state index contributed by atoms with van der Waals surface area (Å²) >= 11 is 3.41. The van der Waals surface area contributed by atoms with Crippen molar-refractivity contribution in [3.05, 3.63) is 65.4 Å². The second-order valence-corrected chi connectivity index (χ2v) is 8.30. The lowest BCUT2D eigenvalue weighted by molar-refractivity contribution is -0.122. The molecule has 0 saturated heterocycles. The van der Waals surface area contributed by atoms with Crippen LogP contribution in [0.3, 0.4) is 0 Å². The highest BCUT2D eigenvalue weighted by Gasteiger charge is 2.30. The first-order chi connectivity index (χ1) is 13.7. The molecular weight excluding hydrogens is 392 g/mol. The molecule has 0 aliphatic carbocycles. The Morgan fingerprint density at radius 3 is 2.75 bits per heavy atom. The molecule has 1 amide bonds. The zero-order chi connectivity index (χ0) is 19.3. The molecule has 0 aromatic heterocycles. The third-order valence-electron chi connectivity index (χ3n) is 4.31. The van der Waals surface area contributed by atoms with Gasteiger partial charge >= 0.3 is 0 Å². The van der Waals surface area contributed by atoms with Crippen LogP contribution in [0.4, 0.5) is 0 Å². The second-order valence-electron chi connectivity index (χ2n) is 6.25. The monoisotopic (exact) mass is 412 g/mol. The fourth-order valence-electron chi connectivity index (χ4n) is 2.92. The van der Waals surface area contributed by atoms with E-state index < -0.39 is 0 Å². The number of fused-ring (bicyclic) bond motifs is 1. The molecule has 0 radical (unpaired) electrons. The molecule has 2 heterocycles. The molecular formula is C21H20N2O3S2. The molecule has 4 rings (SSSR count). The maximum absolute atomic E-state index is 13.1. The summed E-state index contributed by atoms with van der Waals surface area (Å²) in [5.74, 6) is 3.27. The van der Waals surface area contributed by atoms with Gasteiger partial charge in [-0.3, -0.25) is 9.69 Å². The van der Waals surface area contributed by atoms with Crippen LogP contribution in [0.1, 0.15) is 11.1 Å². The molecule has 2 aliphatic heterocycles. The third-order valence-corrected chi connectivity index (χ3v) is 6.16. The molecule has 0 spiro atoms. The Morgan fingerprint density at radius 1 is 1.11 bits per heavy atom. The van der Waals surface area contributed by atoms with Gasteiger partial charge in [-0.25, -0.2) is 4.99 Å². The lowest BCUT2D eigenvalue weighted by Crippen LogP contribution is -2.30. The van der Waals surface area contributed by atoms with Crippen LogP contribution in [0.2, 0.25) is 0 Å². The zero-order valence-corrected chi connectivity index (χ0v) is 17.1. The van der Waals surface area contributed by atoms with Crippen LogP contribution in [-0.2, 0) is 11.3 Å². The highest BCUT2D eigenvalue weighted by Crippen LogP contribution is 2.34. The molecule has 2 aliphatic rings. The van der Waals surface area contributed by atoms with E-state index in [0.717, 1.165) is 33.5 Å². The molecule has 0 fully saturated rings. The number of carbonyl (C=O) groups excluding carboxylic acids is 1. The average Bonchev–Trinajstić information content (AvgIpc) is 3.29. The van der Waals surface area contributed by atoms with Crippen molar-refractivity contribution in [2.24, 2.45) is 4.99 Å². The normalized spacial score (nSPS) is 16.8. The number of amidine groups is 1. The van der Waals surface area contributed by atoms with E-state index in [2.05, 4.69) is 11.2 Å². The topological polar surface area (TPSA) is 51.1 Å². The van der Waals surface area contributed by atoms with Gasteiger partial charge in [-0.1, -0.05) is 48.2 Å². The summed E-state index contributed by atoms with van der Waals surface area (Å²) in [7, 11) is 0. The quantitative estimate of drug-likeness (QED) is 0.524. The van der Waals surface area contributed by atoms with E-state index in [1.165, 1.54) is 0 Å². The number of aliphatic imine (C=N–C) groups is 1. The molecule has 2 aromatic rings. The summed E-state index contributed by atoms with van der Waals surface area (Å²) in [6, 6.07) is 15.6. The summed E-state index contributed by atoms with van der Waals surface area (Å²) in [4.78, 5) is 19.5. The van der Waals surface area contributed by atoms with Gasteiger partial charge in [0.25, 0.3) is 5.91 Å². The standard InChI is InChI=1S/C21H20N2O3S2/c1-27-9-10-28-21-22-17(11-16-7-8-18-19(12-16)26-14-25-18)20(24)23(21)13-15-5-3-2-4-6-15/h2-8,11-12H,9-10,13-14H2,1H3/b17-11-. The summed E-state index contributed by atoms with van der Waals surface area (Å²) in [5, 5.41) is 0.759. The summed E-state index contributed by atoms with van der Waals surface area (Å²) in [6.45, 7) is 0.747. The number of ether oxygens (including phenoxy) is 2. The smallest absolute Gasteiger partial charge is 0.278 e. The number of benzene rings is 2. The number of rotatable bonds is 6. The van der Waals surface area contributed by atoms with Gasteiger partial charge in [-0.15, -0.1) is 0 Å². The highest BCUT2D eigenvalue weighted by molar-refractivity contribution is 8.14. The van der Waals surface area contributed by atoms with E-state index in [1.807, 2.05) is 54.6 Å². The van der Waals surface area contributed by atoms with Crippen LogP contribution in [0.25, 0.3) is 6.08 Å². The predicted octanol–water partition coefficient (Wildman–Crippen LogP) is 4.25. The molecule has 28 heavy (non-hydrogen) atoms. The molecule has 2 aromatic carbocycles. The average molecular weight is 413 g/mol. The van der Waals surface area contributed by atoms with Crippen LogP contribution in [0.5, 0.6) is 11.5 Å². The maximum atomic E-state index is 13.1. The molecule has 7 heteroatoms. The van der Waals surface area contributed by atoms with Crippen molar-refractivity contribution in [3.8, 4) is 11.5 Å². The number of hydrogen-bond donors (Lipinski definition) is 0. The largest absolute Gasteiger partial charge is 0.454 e. The van der Waals surface area contributed by atoms with Gasteiger partial charge < -0.3 is 9.47 Å². The minimum atomic E-state index is -0.0758. The van der Waals surface area contributed by atoms with Gasteiger partial charge in [-0.2, -0.15) is 11.8 Å². The molecule has 0 bridgehead atoms. The SMILES string of the molecule is CSCCSC1=N/C(=C\c2ccc3c(c2)OCO3)C(=O)N1Cc1ccccc1. The van der Waals surface area contributed by atoms with Gasteiger partial charge in [0.05, 0.1) is 6.54 Å². The summed E-state index contributed by atoms with van der Waals surface area (Å²) in [6.07, 6.45) is 3.89. The first kappa shape index (κ1) is 19.0. The van der Waals surface area contributed by atoms with Crippen molar-refractivity contribution in [1.29, 1.82) is 0 Å². The van der Waals surface area contributed by atoms with Crippen LogP contribution in [-0.4, -0.2) is 40.5 Å². The Bertz CT molecular complexity index is 929. The van der Waals surface area contributed by atoms with Crippen LogP contribution < -0.4 is 9.47 Å². The lowest BCUT2D eigenvalue weighted by atomic mass is 10.1. The molecule has 0 saturated carbocycles. The third kappa shape index (κ3) is 4.20. The van der Waals surface area contributed by atoms with Crippen LogP contribution >= 0.6 is 23.5 Å². The van der Waals surface area contributed by atoms with E-state index in [0.29, 0.717) is 18.0 Å². The van der Waals surface area contributed by atoms with Crippen molar-refractivity contribution in [1.82, 2.24) is 4.90 Å². The van der Waals surface area contributed by atoms with Gasteiger partial charge in [0.1, 0.15) is 5.70 Å². The van der Waals surface area contributed by atoms with Gasteiger partial charge in [0.15, 0.2) is 16.7 Å². The summed E-state index contributed by atoms with van der Waals surface area (Å²) in [5.41, 5.74) is 2.39.